The molecule has 0 aromatic heterocycles. The highest BCUT2D eigenvalue weighted by Crippen LogP contribution is 2.41. The minimum Gasteiger partial charge on any atom is -0.491 e. The zero-order chi connectivity index (χ0) is 19.2. The third-order valence-electron chi connectivity index (χ3n) is 4.70. The summed E-state index contributed by atoms with van der Waals surface area (Å²) in [6, 6.07) is 16.6. The molecule has 1 aliphatic heterocycles. The number of aryl methyl sites for hydroxylation is 2. The lowest BCUT2D eigenvalue weighted by atomic mass is 10.1. The average Bonchev–Trinajstić information content (AvgIpc) is 2.83. The fourth-order valence-electron chi connectivity index (χ4n) is 3.61. The number of sulfonamides is 1. The molecule has 1 heterocycles. The number of aliphatic hydroxyl groups is 1. The van der Waals surface area contributed by atoms with Crippen molar-refractivity contribution in [2.24, 2.45) is 0 Å². The van der Waals surface area contributed by atoms with E-state index in [0.29, 0.717) is 16.8 Å². The molecule has 1 unspecified atom stereocenters. The van der Waals surface area contributed by atoms with E-state index >= 15 is 0 Å². The first-order chi connectivity index (χ1) is 12.9. The van der Waals surface area contributed by atoms with Crippen LogP contribution in [-0.4, -0.2) is 32.8 Å². The molecule has 0 bridgehead atoms. The third-order valence-corrected chi connectivity index (χ3v) is 6.52. The highest BCUT2D eigenvalue weighted by atomic mass is 32.2. The zero-order valence-electron chi connectivity index (χ0n) is 15.2. The van der Waals surface area contributed by atoms with Crippen molar-refractivity contribution in [3.63, 3.8) is 0 Å². The van der Waals surface area contributed by atoms with Crippen molar-refractivity contribution in [3.05, 3.63) is 65.7 Å². The first-order valence-corrected chi connectivity index (χ1v) is 10.2. The molecule has 6 heteroatoms. The molecule has 140 valence electrons. The maximum absolute atomic E-state index is 12.9. The molecule has 3 aromatic carbocycles. The van der Waals surface area contributed by atoms with Gasteiger partial charge in [-0.15, -0.1) is 0 Å². The standard InChI is InChI=1S/C21H21NO4S/c1-14-9-15(2)11-18(10-14)26-13-17(23)12-22-19-7-3-5-16-6-4-8-20(21(16)19)27(22,24)25/h3-11,17,23H,12-13H2,1-2H3. The molecule has 0 radical (unpaired) electrons. The average molecular weight is 383 g/mol. The summed E-state index contributed by atoms with van der Waals surface area (Å²) in [7, 11) is -3.67. The fourth-order valence-corrected chi connectivity index (χ4v) is 5.36. The molecule has 4 rings (SSSR count). The van der Waals surface area contributed by atoms with Gasteiger partial charge in [-0.25, -0.2) is 8.42 Å². The molecule has 1 aliphatic rings. The Morgan fingerprint density at radius 1 is 1.04 bits per heavy atom. The van der Waals surface area contributed by atoms with Crippen LogP contribution in [0.15, 0.2) is 59.5 Å². The van der Waals surface area contributed by atoms with E-state index in [0.717, 1.165) is 16.5 Å². The van der Waals surface area contributed by atoms with Crippen LogP contribution in [0.4, 0.5) is 5.69 Å². The summed E-state index contributed by atoms with van der Waals surface area (Å²) < 4.78 is 32.8. The molecule has 0 amide bonds. The Labute approximate surface area is 158 Å². The lowest BCUT2D eigenvalue weighted by molar-refractivity contribution is 0.115. The van der Waals surface area contributed by atoms with Crippen LogP contribution in [0.1, 0.15) is 11.1 Å². The number of hydrogen-bond acceptors (Lipinski definition) is 4. The molecule has 0 spiro atoms. The highest BCUT2D eigenvalue weighted by Gasteiger charge is 2.36. The Hall–Kier alpha value is -2.57. The van der Waals surface area contributed by atoms with Crippen molar-refractivity contribution in [3.8, 4) is 5.75 Å². The maximum Gasteiger partial charge on any atom is 0.265 e. The van der Waals surface area contributed by atoms with Gasteiger partial charge in [0.2, 0.25) is 0 Å². The molecule has 1 N–H and O–H groups in total. The number of nitrogens with zero attached hydrogens (tertiary/aromatic N) is 1. The number of aliphatic hydroxyl groups excluding tert-OH is 1. The van der Waals surface area contributed by atoms with Gasteiger partial charge in [0.25, 0.3) is 10.0 Å². The number of ether oxygens (including phenoxy) is 1. The molecular weight excluding hydrogens is 362 g/mol. The Kier molecular flexibility index (Phi) is 4.32. The van der Waals surface area contributed by atoms with Crippen LogP contribution < -0.4 is 9.04 Å². The van der Waals surface area contributed by atoms with Crippen molar-refractivity contribution in [1.82, 2.24) is 0 Å². The number of rotatable bonds is 5. The van der Waals surface area contributed by atoms with Crippen LogP contribution in [0.2, 0.25) is 0 Å². The van der Waals surface area contributed by atoms with Gasteiger partial charge in [-0.1, -0.05) is 30.3 Å². The fraction of sp³-hybridized carbons (Fsp3) is 0.238. The van der Waals surface area contributed by atoms with E-state index < -0.39 is 16.1 Å². The van der Waals surface area contributed by atoms with E-state index in [9.17, 15) is 13.5 Å². The third kappa shape index (κ3) is 3.15. The van der Waals surface area contributed by atoms with Crippen LogP contribution in [0, 0.1) is 13.8 Å². The summed E-state index contributed by atoms with van der Waals surface area (Å²) in [5, 5.41) is 12.0. The van der Waals surface area contributed by atoms with Crippen LogP contribution in [0.5, 0.6) is 5.75 Å². The molecule has 1 atom stereocenters. The minimum absolute atomic E-state index is 0.0151. The summed E-state index contributed by atoms with van der Waals surface area (Å²) in [4.78, 5) is 0.290. The number of anilines is 1. The van der Waals surface area contributed by atoms with Gasteiger partial charge in [0.05, 0.1) is 17.1 Å². The normalized spacial score (nSPS) is 15.9. The van der Waals surface area contributed by atoms with Gasteiger partial charge in [-0.05, 0) is 54.6 Å². The van der Waals surface area contributed by atoms with E-state index in [1.54, 1.807) is 18.2 Å². The Morgan fingerprint density at radius 3 is 2.41 bits per heavy atom. The molecular formula is C21H21NO4S. The quantitative estimate of drug-likeness (QED) is 0.733. The minimum atomic E-state index is -3.67. The second kappa shape index (κ2) is 6.55. The van der Waals surface area contributed by atoms with Gasteiger partial charge in [-0.2, -0.15) is 0 Å². The van der Waals surface area contributed by atoms with Crippen molar-refractivity contribution in [2.75, 3.05) is 17.5 Å². The molecule has 0 aliphatic carbocycles. The SMILES string of the molecule is Cc1cc(C)cc(OCC(O)CN2c3cccc4cccc(c34)S2(=O)=O)c1. The van der Waals surface area contributed by atoms with E-state index in [1.165, 1.54) is 4.31 Å². The number of β-amino-alcohol motifs (C(OH)–C–C–N with tert-alkyl or cyclic N) is 1. The lowest BCUT2D eigenvalue weighted by Crippen LogP contribution is -2.37. The molecule has 3 aromatic rings. The smallest absolute Gasteiger partial charge is 0.265 e. The lowest BCUT2D eigenvalue weighted by Gasteiger charge is -2.22. The van der Waals surface area contributed by atoms with Crippen LogP contribution in [0.25, 0.3) is 10.8 Å². The van der Waals surface area contributed by atoms with E-state index in [2.05, 4.69) is 0 Å². The molecule has 0 saturated carbocycles. The Bertz CT molecular complexity index is 1100. The van der Waals surface area contributed by atoms with Crippen molar-refractivity contribution in [2.45, 2.75) is 24.8 Å². The highest BCUT2D eigenvalue weighted by molar-refractivity contribution is 7.93. The van der Waals surface area contributed by atoms with Gasteiger partial charge in [0.1, 0.15) is 18.5 Å². The topological polar surface area (TPSA) is 66.8 Å². The first kappa shape index (κ1) is 17.8. The van der Waals surface area contributed by atoms with E-state index in [1.807, 2.05) is 50.2 Å². The molecule has 0 saturated heterocycles. The van der Waals surface area contributed by atoms with Crippen molar-refractivity contribution >= 4 is 26.5 Å². The van der Waals surface area contributed by atoms with Crippen LogP contribution in [-0.2, 0) is 10.0 Å². The van der Waals surface area contributed by atoms with Crippen molar-refractivity contribution < 1.29 is 18.3 Å². The Balaban J connectivity index is 1.55. The van der Waals surface area contributed by atoms with Crippen LogP contribution >= 0.6 is 0 Å². The molecule has 27 heavy (non-hydrogen) atoms. The first-order valence-electron chi connectivity index (χ1n) is 8.80. The number of hydrogen-bond donors (Lipinski definition) is 1. The monoisotopic (exact) mass is 383 g/mol. The van der Waals surface area contributed by atoms with E-state index in [-0.39, 0.29) is 18.0 Å². The summed E-state index contributed by atoms with van der Waals surface area (Å²) in [5.41, 5.74) is 2.75. The van der Waals surface area contributed by atoms with Gasteiger partial charge < -0.3 is 9.84 Å². The summed E-state index contributed by atoms with van der Waals surface area (Å²) >= 11 is 0. The summed E-state index contributed by atoms with van der Waals surface area (Å²) in [5.74, 6) is 0.668. The second-order valence-electron chi connectivity index (χ2n) is 6.96. The van der Waals surface area contributed by atoms with Gasteiger partial charge >= 0.3 is 0 Å². The number of benzene rings is 3. The van der Waals surface area contributed by atoms with E-state index in [4.69, 9.17) is 4.74 Å². The second-order valence-corrected chi connectivity index (χ2v) is 8.79. The predicted molar refractivity (Wildman–Crippen MR) is 106 cm³/mol. The van der Waals surface area contributed by atoms with Gasteiger partial charge in [-0.3, -0.25) is 4.31 Å². The zero-order valence-corrected chi connectivity index (χ0v) is 16.0. The maximum atomic E-state index is 12.9. The van der Waals surface area contributed by atoms with Crippen molar-refractivity contribution in [1.29, 1.82) is 0 Å². The van der Waals surface area contributed by atoms with Gasteiger partial charge in [0.15, 0.2) is 0 Å². The van der Waals surface area contributed by atoms with Crippen LogP contribution in [0.3, 0.4) is 0 Å². The molecule has 5 nitrogen and oxygen atoms in total. The Morgan fingerprint density at radius 2 is 1.70 bits per heavy atom. The largest absolute Gasteiger partial charge is 0.491 e. The molecule has 0 fully saturated rings. The summed E-state index contributed by atoms with van der Waals surface area (Å²) in [6.45, 7) is 3.91. The predicted octanol–water partition coefficient (Wildman–Crippen LogP) is 3.41. The summed E-state index contributed by atoms with van der Waals surface area (Å²) in [6.07, 6.45) is -0.954. The van der Waals surface area contributed by atoms with Gasteiger partial charge in [0, 0.05) is 5.39 Å².